The van der Waals surface area contributed by atoms with E-state index < -0.39 is 5.91 Å². The average molecular weight is 342 g/mol. The number of aromatic nitrogens is 2. The quantitative estimate of drug-likeness (QED) is 0.595. The summed E-state index contributed by atoms with van der Waals surface area (Å²) in [6, 6.07) is 21.6. The molecule has 5 nitrogen and oxygen atoms in total. The van der Waals surface area contributed by atoms with Crippen molar-refractivity contribution in [2.75, 3.05) is 5.73 Å². The molecule has 1 amide bonds. The van der Waals surface area contributed by atoms with Crippen LogP contribution in [0, 0.1) is 6.92 Å². The monoisotopic (exact) mass is 342 g/mol. The van der Waals surface area contributed by atoms with Crippen molar-refractivity contribution >= 4 is 22.5 Å². The summed E-state index contributed by atoms with van der Waals surface area (Å²) in [6.07, 6.45) is 0. The molecule has 0 unspecified atom stereocenters. The van der Waals surface area contributed by atoms with Gasteiger partial charge in [-0.3, -0.25) is 4.79 Å². The summed E-state index contributed by atoms with van der Waals surface area (Å²) in [5, 5.41) is 6.71. The van der Waals surface area contributed by atoms with Crippen molar-refractivity contribution in [3.63, 3.8) is 0 Å². The number of rotatable bonds is 3. The summed E-state index contributed by atoms with van der Waals surface area (Å²) in [5.74, 6) is -0.353. The van der Waals surface area contributed by atoms with Crippen molar-refractivity contribution in [3.8, 4) is 16.9 Å². The fraction of sp³-hybridized carbons (Fsp3) is 0.0476. The molecule has 0 atom stereocenters. The fourth-order valence-electron chi connectivity index (χ4n) is 3.16. The van der Waals surface area contributed by atoms with Gasteiger partial charge in [0.05, 0.1) is 5.69 Å². The van der Waals surface area contributed by atoms with Gasteiger partial charge in [-0.15, -0.1) is 0 Å². The Balaban J connectivity index is 2.00. The third kappa shape index (κ3) is 2.50. The highest BCUT2D eigenvalue weighted by Gasteiger charge is 2.22. The number of nitrogen functional groups attached to an aromatic ring is 1. The summed E-state index contributed by atoms with van der Waals surface area (Å²) >= 11 is 0. The number of amides is 1. The molecule has 0 aliphatic rings. The molecule has 0 radical (unpaired) electrons. The number of fused-ring (bicyclic) bond motifs is 1. The molecule has 0 fully saturated rings. The molecule has 0 aliphatic carbocycles. The van der Waals surface area contributed by atoms with Crippen LogP contribution in [-0.4, -0.2) is 15.7 Å². The summed E-state index contributed by atoms with van der Waals surface area (Å²) < 4.78 is 1.59. The normalized spacial score (nSPS) is 11.0. The molecule has 26 heavy (non-hydrogen) atoms. The van der Waals surface area contributed by atoms with Gasteiger partial charge >= 0.3 is 0 Å². The van der Waals surface area contributed by atoms with Crippen LogP contribution in [0.2, 0.25) is 0 Å². The van der Waals surface area contributed by atoms with E-state index in [0.717, 1.165) is 27.6 Å². The molecule has 5 heteroatoms. The number of carbonyl (C=O) groups excluding carboxylic acids is 1. The van der Waals surface area contributed by atoms with Crippen LogP contribution < -0.4 is 11.5 Å². The highest BCUT2D eigenvalue weighted by Crippen LogP contribution is 2.31. The molecule has 0 spiro atoms. The van der Waals surface area contributed by atoms with Crippen LogP contribution in [0.4, 0.5) is 5.82 Å². The highest BCUT2D eigenvalue weighted by atomic mass is 16.1. The second kappa shape index (κ2) is 6.04. The van der Waals surface area contributed by atoms with Crippen LogP contribution in [0.5, 0.6) is 0 Å². The van der Waals surface area contributed by atoms with E-state index in [4.69, 9.17) is 11.5 Å². The number of carbonyl (C=O) groups is 1. The number of nitrogens with zero attached hydrogens (tertiary/aromatic N) is 2. The van der Waals surface area contributed by atoms with E-state index in [0.29, 0.717) is 5.69 Å². The SMILES string of the molecule is Cc1ccc(-c2nn(-c3cccc4ccccc34)c(N)c2C(N)=O)cc1. The van der Waals surface area contributed by atoms with Gasteiger partial charge in [0.15, 0.2) is 0 Å². The maximum absolute atomic E-state index is 12.1. The van der Waals surface area contributed by atoms with Gasteiger partial charge in [-0.05, 0) is 18.4 Å². The van der Waals surface area contributed by atoms with E-state index in [2.05, 4.69) is 5.10 Å². The predicted octanol–water partition coefficient (Wildman–Crippen LogP) is 3.68. The lowest BCUT2D eigenvalue weighted by Gasteiger charge is -2.08. The zero-order chi connectivity index (χ0) is 18.3. The largest absolute Gasteiger partial charge is 0.383 e. The standard InChI is InChI=1S/C21H18N4O/c1-13-9-11-15(12-10-13)19-18(21(23)26)20(22)25(24-19)17-8-4-6-14-5-2-3-7-16(14)17/h2-12H,22H2,1H3,(H2,23,26). The van der Waals surface area contributed by atoms with Crippen molar-refractivity contribution in [1.82, 2.24) is 9.78 Å². The van der Waals surface area contributed by atoms with Crippen LogP contribution in [-0.2, 0) is 0 Å². The zero-order valence-electron chi connectivity index (χ0n) is 14.3. The predicted molar refractivity (Wildman–Crippen MR) is 104 cm³/mol. The molecule has 4 N–H and O–H groups in total. The zero-order valence-corrected chi connectivity index (χ0v) is 14.3. The van der Waals surface area contributed by atoms with Gasteiger partial charge in [-0.25, -0.2) is 4.68 Å². The van der Waals surface area contributed by atoms with E-state index in [1.54, 1.807) is 4.68 Å². The van der Waals surface area contributed by atoms with Crippen LogP contribution in [0.3, 0.4) is 0 Å². The minimum atomic E-state index is -0.593. The number of hydrogen-bond donors (Lipinski definition) is 2. The lowest BCUT2D eigenvalue weighted by molar-refractivity contribution is 0.100. The van der Waals surface area contributed by atoms with Crippen molar-refractivity contribution in [2.24, 2.45) is 5.73 Å². The molecular formula is C21H18N4O. The number of nitrogens with two attached hydrogens (primary N) is 2. The third-order valence-electron chi connectivity index (χ3n) is 4.49. The minimum Gasteiger partial charge on any atom is -0.383 e. The molecule has 3 aromatic carbocycles. The van der Waals surface area contributed by atoms with E-state index in [-0.39, 0.29) is 11.4 Å². The van der Waals surface area contributed by atoms with Gasteiger partial charge in [-0.2, -0.15) is 5.10 Å². The Bertz CT molecular complexity index is 1120. The maximum atomic E-state index is 12.1. The van der Waals surface area contributed by atoms with Gasteiger partial charge in [-0.1, -0.05) is 66.2 Å². The van der Waals surface area contributed by atoms with Crippen molar-refractivity contribution in [3.05, 3.63) is 77.9 Å². The first-order chi connectivity index (χ1) is 12.6. The third-order valence-corrected chi connectivity index (χ3v) is 4.49. The molecule has 0 saturated heterocycles. The Morgan fingerprint density at radius 1 is 0.962 bits per heavy atom. The summed E-state index contributed by atoms with van der Waals surface area (Å²) in [4.78, 5) is 12.1. The van der Waals surface area contributed by atoms with Gasteiger partial charge in [0.1, 0.15) is 17.1 Å². The van der Waals surface area contributed by atoms with E-state index in [1.165, 1.54) is 0 Å². The number of anilines is 1. The van der Waals surface area contributed by atoms with Gasteiger partial charge in [0, 0.05) is 10.9 Å². The topological polar surface area (TPSA) is 86.9 Å². The van der Waals surface area contributed by atoms with Crippen LogP contribution in [0.1, 0.15) is 15.9 Å². The molecule has 0 bridgehead atoms. The van der Waals surface area contributed by atoms with Crippen LogP contribution in [0.25, 0.3) is 27.7 Å². The molecule has 4 aromatic rings. The number of hydrogen-bond acceptors (Lipinski definition) is 3. The second-order valence-electron chi connectivity index (χ2n) is 6.25. The lowest BCUT2D eigenvalue weighted by Crippen LogP contribution is -2.14. The molecule has 4 rings (SSSR count). The molecule has 1 heterocycles. The first-order valence-electron chi connectivity index (χ1n) is 8.30. The van der Waals surface area contributed by atoms with Gasteiger partial charge < -0.3 is 11.5 Å². The highest BCUT2D eigenvalue weighted by molar-refractivity contribution is 6.04. The van der Waals surface area contributed by atoms with Crippen LogP contribution >= 0.6 is 0 Å². The summed E-state index contributed by atoms with van der Waals surface area (Å²) in [6.45, 7) is 2.00. The first kappa shape index (κ1) is 15.9. The molecule has 0 saturated carbocycles. The van der Waals surface area contributed by atoms with E-state index in [9.17, 15) is 4.79 Å². The lowest BCUT2D eigenvalue weighted by atomic mass is 10.1. The molecule has 1 aromatic heterocycles. The Hall–Kier alpha value is -3.60. The molecular weight excluding hydrogens is 324 g/mol. The smallest absolute Gasteiger partial charge is 0.254 e. The number of benzene rings is 3. The average Bonchev–Trinajstić information content (AvgIpc) is 2.99. The van der Waals surface area contributed by atoms with Crippen molar-refractivity contribution < 1.29 is 4.79 Å². The second-order valence-corrected chi connectivity index (χ2v) is 6.25. The van der Waals surface area contributed by atoms with E-state index in [1.807, 2.05) is 73.7 Å². The van der Waals surface area contributed by atoms with Gasteiger partial charge in [0.25, 0.3) is 5.91 Å². The Morgan fingerprint density at radius 3 is 2.38 bits per heavy atom. The summed E-state index contributed by atoms with van der Waals surface area (Å²) in [7, 11) is 0. The Labute approximate surface area is 150 Å². The first-order valence-corrected chi connectivity index (χ1v) is 8.30. The van der Waals surface area contributed by atoms with E-state index >= 15 is 0 Å². The number of aryl methyl sites for hydroxylation is 1. The van der Waals surface area contributed by atoms with Crippen LogP contribution in [0.15, 0.2) is 66.7 Å². The Morgan fingerprint density at radius 2 is 1.65 bits per heavy atom. The molecule has 128 valence electrons. The Kier molecular flexibility index (Phi) is 3.69. The fourth-order valence-corrected chi connectivity index (χ4v) is 3.16. The molecule has 0 aliphatic heterocycles. The maximum Gasteiger partial charge on any atom is 0.254 e. The summed E-state index contributed by atoms with van der Waals surface area (Å²) in [5.41, 5.74) is 15.4. The minimum absolute atomic E-state index is 0.238. The van der Waals surface area contributed by atoms with Crippen molar-refractivity contribution in [1.29, 1.82) is 0 Å². The van der Waals surface area contributed by atoms with Crippen molar-refractivity contribution in [2.45, 2.75) is 6.92 Å². The number of primary amides is 1. The van der Waals surface area contributed by atoms with Gasteiger partial charge in [0.2, 0.25) is 0 Å².